The van der Waals surface area contributed by atoms with E-state index in [2.05, 4.69) is 10.3 Å². The van der Waals surface area contributed by atoms with Crippen molar-refractivity contribution in [3.8, 4) is 0 Å². The van der Waals surface area contributed by atoms with Crippen molar-refractivity contribution in [3.63, 3.8) is 0 Å². The minimum absolute atomic E-state index is 0.00481. The van der Waals surface area contributed by atoms with E-state index in [4.69, 9.17) is 0 Å². The molecule has 0 spiro atoms. The second kappa shape index (κ2) is 4.65. The van der Waals surface area contributed by atoms with Gasteiger partial charge in [0.15, 0.2) is 0 Å². The number of hydrogen-bond donors (Lipinski definition) is 1. The molecule has 1 unspecified atom stereocenters. The summed E-state index contributed by atoms with van der Waals surface area (Å²) in [7, 11) is 3.08. The number of hydrogen-bond acceptors (Lipinski definition) is 2. The summed E-state index contributed by atoms with van der Waals surface area (Å²) < 4.78 is 38.8. The smallest absolute Gasteiger partial charge is 0.338 e. The first kappa shape index (κ1) is 12.0. The van der Waals surface area contributed by atoms with Gasteiger partial charge in [-0.1, -0.05) is 0 Å². The highest BCUT2D eigenvalue weighted by Crippen LogP contribution is 2.23. The third kappa shape index (κ3) is 3.23. The number of nitrogens with zero attached hydrogens (tertiary/aromatic N) is 2. The highest BCUT2D eigenvalue weighted by molar-refractivity contribution is 4.92. The summed E-state index contributed by atoms with van der Waals surface area (Å²) in [6.07, 6.45) is -0.576. The fourth-order valence-electron chi connectivity index (χ4n) is 1.38. The van der Waals surface area contributed by atoms with Gasteiger partial charge in [0, 0.05) is 25.9 Å². The summed E-state index contributed by atoms with van der Waals surface area (Å²) in [6.45, 7) is 0. The van der Waals surface area contributed by atoms with E-state index in [1.54, 1.807) is 24.0 Å². The second-order valence-electron chi connectivity index (χ2n) is 3.38. The summed E-state index contributed by atoms with van der Waals surface area (Å²) in [5.74, 6) is 0.666. The maximum Gasteiger partial charge on any atom is 0.403 e. The van der Waals surface area contributed by atoms with Gasteiger partial charge in [-0.05, 0) is 13.5 Å². The molecule has 0 bridgehead atoms. The van der Waals surface area contributed by atoms with Crippen molar-refractivity contribution in [1.29, 1.82) is 0 Å². The molecular formula is C9H14F3N3. The molecule has 1 aromatic heterocycles. The first-order chi connectivity index (χ1) is 6.95. The molecule has 0 radical (unpaired) electrons. The Morgan fingerprint density at radius 1 is 1.53 bits per heavy atom. The Hall–Kier alpha value is -1.04. The van der Waals surface area contributed by atoms with Crippen LogP contribution in [0.4, 0.5) is 13.2 Å². The Bertz CT molecular complexity index is 306. The van der Waals surface area contributed by atoms with Gasteiger partial charge in [-0.15, -0.1) is 0 Å². The summed E-state index contributed by atoms with van der Waals surface area (Å²) >= 11 is 0. The highest BCUT2D eigenvalue weighted by atomic mass is 19.4. The summed E-state index contributed by atoms with van der Waals surface area (Å²) in [5.41, 5.74) is 0. The quantitative estimate of drug-likeness (QED) is 0.835. The average Bonchev–Trinajstić information content (AvgIpc) is 2.50. The van der Waals surface area contributed by atoms with E-state index >= 15 is 0 Å². The Morgan fingerprint density at radius 2 is 2.20 bits per heavy atom. The molecule has 3 nitrogen and oxygen atoms in total. The van der Waals surface area contributed by atoms with E-state index in [1.165, 1.54) is 7.05 Å². The first-order valence-electron chi connectivity index (χ1n) is 4.65. The summed E-state index contributed by atoms with van der Waals surface area (Å²) in [4.78, 5) is 3.97. The number of alkyl halides is 3. The standard InChI is InChI=1S/C9H14F3N3/c1-13-7(9(10,11)12)3-4-8-14-5-6-15(8)2/h5-7,13H,3-4H2,1-2H3. The van der Waals surface area contributed by atoms with E-state index in [0.29, 0.717) is 12.2 Å². The zero-order valence-corrected chi connectivity index (χ0v) is 8.67. The van der Waals surface area contributed by atoms with Crippen molar-refractivity contribution in [3.05, 3.63) is 18.2 Å². The lowest BCUT2D eigenvalue weighted by Crippen LogP contribution is -2.40. The van der Waals surface area contributed by atoms with E-state index in [1.807, 2.05) is 0 Å². The van der Waals surface area contributed by atoms with Gasteiger partial charge in [-0.2, -0.15) is 13.2 Å². The predicted molar refractivity (Wildman–Crippen MR) is 50.4 cm³/mol. The van der Waals surface area contributed by atoms with Crippen molar-refractivity contribution in [2.75, 3.05) is 7.05 Å². The predicted octanol–water partition coefficient (Wildman–Crippen LogP) is 1.50. The fraction of sp³-hybridized carbons (Fsp3) is 0.667. The highest BCUT2D eigenvalue weighted by Gasteiger charge is 2.38. The van der Waals surface area contributed by atoms with Crippen LogP contribution in [0.25, 0.3) is 0 Å². The second-order valence-corrected chi connectivity index (χ2v) is 3.38. The molecular weight excluding hydrogens is 207 g/mol. The number of imidazole rings is 1. The maximum absolute atomic E-state index is 12.4. The van der Waals surface area contributed by atoms with E-state index in [-0.39, 0.29) is 6.42 Å². The van der Waals surface area contributed by atoms with Gasteiger partial charge in [0.2, 0.25) is 0 Å². The average molecular weight is 221 g/mol. The number of halogens is 3. The van der Waals surface area contributed by atoms with Gasteiger partial charge in [0.1, 0.15) is 11.9 Å². The maximum atomic E-state index is 12.4. The third-order valence-corrected chi connectivity index (χ3v) is 2.32. The molecule has 0 saturated heterocycles. The molecule has 0 saturated carbocycles. The molecule has 0 amide bonds. The van der Waals surface area contributed by atoms with Crippen LogP contribution in [-0.4, -0.2) is 28.8 Å². The SMILES string of the molecule is CNC(CCc1nccn1C)C(F)(F)F. The normalized spacial score (nSPS) is 14.2. The molecule has 1 heterocycles. The van der Waals surface area contributed by atoms with Gasteiger partial charge in [0.05, 0.1) is 0 Å². The zero-order valence-electron chi connectivity index (χ0n) is 8.67. The van der Waals surface area contributed by atoms with Crippen molar-refractivity contribution in [1.82, 2.24) is 14.9 Å². The van der Waals surface area contributed by atoms with Crippen LogP contribution in [0, 0.1) is 0 Å². The number of aromatic nitrogens is 2. The number of nitrogens with one attached hydrogen (secondary N) is 1. The lowest BCUT2D eigenvalue weighted by molar-refractivity contribution is -0.155. The van der Waals surface area contributed by atoms with Crippen LogP contribution < -0.4 is 5.32 Å². The van der Waals surface area contributed by atoms with Gasteiger partial charge in [-0.25, -0.2) is 4.98 Å². The molecule has 15 heavy (non-hydrogen) atoms. The first-order valence-corrected chi connectivity index (χ1v) is 4.65. The molecule has 0 fully saturated rings. The lowest BCUT2D eigenvalue weighted by Gasteiger charge is -2.19. The van der Waals surface area contributed by atoms with Crippen molar-refractivity contribution < 1.29 is 13.2 Å². The number of aryl methyl sites for hydroxylation is 2. The minimum atomic E-state index is -4.19. The molecule has 0 aliphatic carbocycles. The van der Waals surface area contributed by atoms with Crippen LogP contribution >= 0.6 is 0 Å². The van der Waals surface area contributed by atoms with Crippen LogP contribution in [0.15, 0.2) is 12.4 Å². The molecule has 0 aromatic carbocycles. The van der Waals surface area contributed by atoms with E-state index in [0.717, 1.165) is 0 Å². The Balaban J connectivity index is 2.52. The van der Waals surface area contributed by atoms with Gasteiger partial charge >= 0.3 is 6.18 Å². The fourth-order valence-corrected chi connectivity index (χ4v) is 1.38. The Kier molecular flexibility index (Phi) is 3.73. The van der Waals surface area contributed by atoms with Crippen molar-refractivity contribution in [2.45, 2.75) is 25.1 Å². The molecule has 1 atom stereocenters. The summed E-state index contributed by atoms with van der Waals surface area (Å²) in [5, 5.41) is 2.26. The van der Waals surface area contributed by atoms with Crippen molar-refractivity contribution >= 4 is 0 Å². The molecule has 86 valence electrons. The van der Waals surface area contributed by atoms with Crippen LogP contribution in [0.1, 0.15) is 12.2 Å². The Morgan fingerprint density at radius 3 is 2.60 bits per heavy atom. The largest absolute Gasteiger partial charge is 0.403 e. The topological polar surface area (TPSA) is 29.9 Å². The molecule has 0 aliphatic heterocycles. The molecule has 1 rings (SSSR count). The van der Waals surface area contributed by atoms with Crippen LogP contribution in [-0.2, 0) is 13.5 Å². The summed E-state index contributed by atoms with van der Waals surface area (Å²) in [6, 6.07) is -1.46. The monoisotopic (exact) mass is 221 g/mol. The van der Waals surface area contributed by atoms with E-state index in [9.17, 15) is 13.2 Å². The van der Waals surface area contributed by atoms with Crippen LogP contribution in [0.2, 0.25) is 0 Å². The lowest BCUT2D eigenvalue weighted by atomic mass is 10.1. The van der Waals surface area contributed by atoms with Crippen LogP contribution in [0.3, 0.4) is 0 Å². The number of rotatable bonds is 4. The molecule has 1 aromatic rings. The zero-order chi connectivity index (χ0) is 11.5. The Labute approximate surface area is 86.3 Å². The van der Waals surface area contributed by atoms with E-state index < -0.39 is 12.2 Å². The van der Waals surface area contributed by atoms with Crippen molar-refractivity contribution in [2.24, 2.45) is 7.05 Å². The molecule has 1 N–H and O–H groups in total. The van der Waals surface area contributed by atoms with Gasteiger partial charge in [-0.3, -0.25) is 0 Å². The van der Waals surface area contributed by atoms with Gasteiger partial charge in [0.25, 0.3) is 0 Å². The third-order valence-electron chi connectivity index (χ3n) is 2.32. The van der Waals surface area contributed by atoms with Gasteiger partial charge < -0.3 is 9.88 Å². The van der Waals surface area contributed by atoms with Crippen LogP contribution in [0.5, 0.6) is 0 Å². The molecule has 0 aliphatic rings. The minimum Gasteiger partial charge on any atom is -0.338 e. The molecule has 6 heteroatoms.